The summed E-state index contributed by atoms with van der Waals surface area (Å²) >= 11 is 0. The van der Waals surface area contributed by atoms with Crippen LogP contribution in [-0.2, 0) is 10.0 Å². The Morgan fingerprint density at radius 1 is 1.19 bits per heavy atom. The van der Waals surface area contributed by atoms with E-state index in [4.69, 9.17) is 0 Å². The van der Waals surface area contributed by atoms with E-state index in [9.17, 15) is 13.2 Å². The number of Topliss-reactive ketones (excluding diaryl/α,β-unsaturated/α-hetero) is 1. The maximum absolute atomic E-state index is 12.7. The van der Waals surface area contributed by atoms with Crippen molar-refractivity contribution in [3.8, 4) is 0 Å². The molecule has 0 N–H and O–H groups in total. The molecule has 0 aromatic heterocycles. The van der Waals surface area contributed by atoms with Gasteiger partial charge < -0.3 is 0 Å². The van der Waals surface area contributed by atoms with Crippen LogP contribution in [0.25, 0.3) is 0 Å². The van der Waals surface area contributed by atoms with Gasteiger partial charge in [-0.15, -0.1) is 0 Å². The van der Waals surface area contributed by atoms with E-state index < -0.39 is 10.0 Å². The molecule has 4 nitrogen and oxygen atoms in total. The average Bonchev–Trinajstić information content (AvgIpc) is 2.56. The SMILES string of the molecule is CC(C)(C)CCS(=O)(=O)N1CCCC(=O)c2ccccc21. The monoisotopic (exact) mass is 309 g/mol. The molecule has 0 spiro atoms. The minimum atomic E-state index is -3.40. The van der Waals surface area contributed by atoms with Crippen LogP contribution in [0.4, 0.5) is 5.69 Å². The van der Waals surface area contributed by atoms with Crippen LogP contribution in [0.5, 0.6) is 0 Å². The second-order valence-electron chi connectivity index (χ2n) is 6.74. The van der Waals surface area contributed by atoms with Gasteiger partial charge in [0, 0.05) is 18.5 Å². The number of hydrogen-bond acceptors (Lipinski definition) is 3. The highest BCUT2D eigenvalue weighted by molar-refractivity contribution is 7.92. The van der Waals surface area contributed by atoms with Gasteiger partial charge >= 0.3 is 0 Å². The number of para-hydroxylation sites is 1. The molecule has 0 atom stereocenters. The summed E-state index contributed by atoms with van der Waals surface area (Å²) in [5, 5.41) is 0. The lowest BCUT2D eigenvalue weighted by molar-refractivity contribution is 0.0984. The molecule has 0 saturated carbocycles. The molecule has 0 aliphatic carbocycles. The highest BCUT2D eigenvalue weighted by Crippen LogP contribution is 2.30. The smallest absolute Gasteiger partial charge is 0.235 e. The van der Waals surface area contributed by atoms with Gasteiger partial charge in [-0.2, -0.15) is 0 Å². The molecule has 2 rings (SSSR count). The van der Waals surface area contributed by atoms with Crippen LogP contribution in [0.1, 0.15) is 50.4 Å². The summed E-state index contributed by atoms with van der Waals surface area (Å²) in [7, 11) is -3.40. The normalized spacial score (nSPS) is 16.5. The molecule has 0 bridgehead atoms. The van der Waals surface area contributed by atoms with E-state index in [1.807, 2.05) is 20.8 Å². The van der Waals surface area contributed by atoms with Crippen LogP contribution in [-0.4, -0.2) is 26.5 Å². The maximum Gasteiger partial charge on any atom is 0.235 e. The highest BCUT2D eigenvalue weighted by atomic mass is 32.2. The lowest BCUT2D eigenvalue weighted by Gasteiger charge is -2.26. The molecule has 0 radical (unpaired) electrons. The van der Waals surface area contributed by atoms with Crippen LogP contribution >= 0.6 is 0 Å². The Balaban J connectivity index is 2.34. The molecule has 21 heavy (non-hydrogen) atoms. The van der Waals surface area contributed by atoms with Gasteiger partial charge in [-0.25, -0.2) is 8.42 Å². The zero-order chi connectivity index (χ0) is 15.7. The van der Waals surface area contributed by atoms with E-state index >= 15 is 0 Å². The first-order valence-corrected chi connectivity index (χ1v) is 8.94. The fourth-order valence-corrected chi connectivity index (χ4v) is 4.36. The average molecular weight is 309 g/mol. The van der Waals surface area contributed by atoms with Crippen LogP contribution < -0.4 is 4.31 Å². The van der Waals surface area contributed by atoms with Gasteiger partial charge in [0.05, 0.1) is 11.4 Å². The first-order chi connectivity index (χ1) is 9.71. The Morgan fingerprint density at radius 2 is 1.86 bits per heavy atom. The summed E-state index contributed by atoms with van der Waals surface area (Å²) < 4.78 is 26.8. The van der Waals surface area contributed by atoms with Crippen molar-refractivity contribution >= 4 is 21.5 Å². The van der Waals surface area contributed by atoms with Crippen molar-refractivity contribution in [2.45, 2.75) is 40.0 Å². The quantitative estimate of drug-likeness (QED) is 0.861. The first kappa shape index (κ1) is 16.0. The van der Waals surface area contributed by atoms with Crippen molar-refractivity contribution in [2.24, 2.45) is 5.41 Å². The van der Waals surface area contributed by atoms with E-state index in [1.165, 1.54) is 4.31 Å². The predicted octanol–water partition coefficient (Wildman–Crippen LogP) is 3.24. The number of anilines is 1. The molecule has 0 amide bonds. The lowest BCUT2D eigenvalue weighted by Crippen LogP contribution is -2.35. The Kier molecular flexibility index (Phi) is 4.42. The summed E-state index contributed by atoms with van der Waals surface area (Å²) in [4.78, 5) is 12.1. The van der Waals surface area contributed by atoms with Gasteiger partial charge in [0.15, 0.2) is 5.78 Å². The molecule has 1 heterocycles. The second-order valence-corrected chi connectivity index (χ2v) is 8.76. The third-order valence-electron chi connectivity index (χ3n) is 3.68. The Morgan fingerprint density at radius 3 is 2.52 bits per heavy atom. The lowest BCUT2D eigenvalue weighted by atomic mass is 9.94. The number of hydrogen-bond donors (Lipinski definition) is 0. The molecule has 1 aliphatic heterocycles. The summed E-state index contributed by atoms with van der Waals surface area (Å²) in [6.45, 7) is 6.47. The molecule has 0 fully saturated rings. The van der Waals surface area contributed by atoms with Crippen LogP contribution in [0.15, 0.2) is 24.3 Å². The van der Waals surface area contributed by atoms with E-state index in [2.05, 4.69) is 0 Å². The van der Waals surface area contributed by atoms with Crippen molar-refractivity contribution in [3.63, 3.8) is 0 Å². The van der Waals surface area contributed by atoms with Crippen molar-refractivity contribution in [2.75, 3.05) is 16.6 Å². The van der Waals surface area contributed by atoms with Crippen LogP contribution in [0, 0.1) is 5.41 Å². The van der Waals surface area contributed by atoms with Crippen LogP contribution in [0.2, 0.25) is 0 Å². The second kappa shape index (κ2) is 5.79. The Bertz CT molecular complexity index is 629. The predicted molar refractivity (Wildman–Crippen MR) is 85.2 cm³/mol. The number of nitrogens with zero attached hydrogens (tertiary/aromatic N) is 1. The fraction of sp³-hybridized carbons (Fsp3) is 0.562. The molecule has 1 aromatic carbocycles. The third kappa shape index (κ3) is 3.84. The van der Waals surface area contributed by atoms with E-state index in [0.29, 0.717) is 37.1 Å². The molecule has 0 saturated heterocycles. The summed E-state index contributed by atoms with van der Waals surface area (Å²) in [6.07, 6.45) is 1.58. The Labute approximate surface area is 127 Å². The van der Waals surface area contributed by atoms with Crippen molar-refractivity contribution in [1.29, 1.82) is 0 Å². The van der Waals surface area contributed by atoms with Gasteiger partial charge in [0.1, 0.15) is 0 Å². The van der Waals surface area contributed by atoms with Gasteiger partial charge in [-0.05, 0) is 30.4 Å². The van der Waals surface area contributed by atoms with Gasteiger partial charge in [-0.1, -0.05) is 32.9 Å². The number of rotatable bonds is 3. The number of carbonyl (C=O) groups excluding carboxylic acids is 1. The van der Waals surface area contributed by atoms with Gasteiger partial charge in [0.25, 0.3) is 0 Å². The number of sulfonamides is 1. The maximum atomic E-state index is 12.7. The summed E-state index contributed by atoms with van der Waals surface area (Å²) in [5.74, 6) is 0.137. The highest BCUT2D eigenvalue weighted by Gasteiger charge is 2.29. The fourth-order valence-electron chi connectivity index (χ4n) is 2.40. The first-order valence-electron chi connectivity index (χ1n) is 7.33. The molecular formula is C16H23NO3S. The number of fused-ring (bicyclic) bond motifs is 1. The van der Waals surface area contributed by atoms with Crippen molar-refractivity contribution in [1.82, 2.24) is 0 Å². The standard InChI is InChI=1S/C16H23NO3S/c1-16(2,3)10-12-21(19,20)17-11-6-9-15(18)13-7-4-5-8-14(13)17/h4-5,7-8H,6,9-12H2,1-3H3. The largest absolute Gasteiger partial charge is 0.294 e. The molecule has 5 heteroatoms. The van der Waals surface area contributed by atoms with Gasteiger partial charge in [0.2, 0.25) is 10.0 Å². The topological polar surface area (TPSA) is 54.5 Å². The minimum Gasteiger partial charge on any atom is -0.294 e. The Hall–Kier alpha value is -1.36. The zero-order valence-electron chi connectivity index (χ0n) is 12.9. The zero-order valence-corrected chi connectivity index (χ0v) is 13.7. The molecule has 116 valence electrons. The summed E-state index contributed by atoms with van der Waals surface area (Å²) in [6, 6.07) is 7.01. The third-order valence-corrected chi connectivity index (χ3v) is 5.45. The van der Waals surface area contributed by atoms with Crippen LogP contribution in [0.3, 0.4) is 0 Å². The summed E-state index contributed by atoms with van der Waals surface area (Å²) in [5.41, 5.74) is 1.03. The van der Waals surface area contributed by atoms with Gasteiger partial charge in [-0.3, -0.25) is 9.10 Å². The number of ketones is 1. The van der Waals surface area contributed by atoms with Crippen molar-refractivity contribution < 1.29 is 13.2 Å². The number of carbonyl (C=O) groups is 1. The molecule has 1 aliphatic rings. The van der Waals surface area contributed by atoms with E-state index in [0.717, 1.165) is 0 Å². The molecule has 1 aromatic rings. The van der Waals surface area contributed by atoms with E-state index in [-0.39, 0.29) is 17.0 Å². The molecule has 0 unspecified atom stereocenters. The van der Waals surface area contributed by atoms with Crippen molar-refractivity contribution in [3.05, 3.63) is 29.8 Å². The minimum absolute atomic E-state index is 0.0270. The van der Waals surface area contributed by atoms with E-state index in [1.54, 1.807) is 24.3 Å². The molecular weight excluding hydrogens is 286 g/mol. The number of benzene rings is 1.